The first-order valence-corrected chi connectivity index (χ1v) is 14.2. The van der Waals surface area contributed by atoms with Crippen molar-refractivity contribution in [1.29, 1.82) is 0 Å². The topological polar surface area (TPSA) is 86.3 Å². The Balaban J connectivity index is 1.09. The van der Waals surface area contributed by atoms with Crippen LogP contribution in [0.15, 0.2) is 42.5 Å². The highest BCUT2D eigenvalue weighted by Gasteiger charge is 2.34. The highest BCUT2D eigenvalue weighted by molar-refractivity contribution is 6.30. The van der Waals surface area contributed by atoms with Gasteiger partial charge in [0.2, 0.25) is 5.91 Å². The first-order chi connectivity index (χ1) is 18.9. The monoisotopic (exact) mass is 553 g/mol. The van der Waals surface area contributed by atoms with E-state index in [9.17, 15) is 14.4 Å². The number of piperazine rings is 1. The Morgan fingerprint density at radius 3 is 2.10 bits per heavy atom. The molecule has 39 heavy (non-hydrogen) atoms. The number of halogens is 1. The normalized spacial score (nSPS) is 19.7. The van der Waals surface area contributed by atoms with Crippen molar-refractivity contribution in [2.75, 3.05) is 59.5 Å². The van der Waals surface area contributed by atoms with Crippen LogP contribution in [0.5, 0.6) is 0 Å². The highest BCUT2D eigenvalue weighted by Crippen LogP contribution is 2.26. The Labute approximate surface area is 234 Å². The minimum atomic E-state index is -0.315. The van der Waals surface area contributed by atoms with Crippen LogP contribution in [-0.2, 0) is 9.53 Å². The van der Waals surface area contributed by atoms with E-state index in [1.54, 1.807) is 11.0 Å². The quantitative estimate of drug-likeness (QED) is 0.538. The van der Waals surface area contributed by atoms with Crippen molar-refractivity contribution in [3.8, 4) is 11.3 Å². The van der Waals surface area contributed by atoms with Gasteiger partial charge in [-0.05, 0) is 37.8 Å². The average molecular weight is 554 g/mol. The van der Waals surface area contributed by atoms with Crippen molar-refractivity contribution in [2.24, 2.45) is 5.92 Å². The van der Waals surface area contributed by atoms with Crippen LogP contribution in [0.4, 0.5) is 4.79 Å². The molecule has 0 N–H and O–H groups in total. The summed E-state index contributed by atoms with van der Waals surface area (Å²) in [5.41, 5.74) is 2.18. The molecule has 3 aliphatic rings. The number of carbonyl (C=O) groups excluding carboxylic acids is 3. The maximum Gasteiger partial charge on any atom is 0.409 e. The van der Waals surface area contributed by atoms with Gasteiger partial charge in [0, 0.05) is 75.4 Å². The van der Waals surface area contributed by atoms with E-state index in [0.29, 0.717) is 61.5 Å². The Morgan fingerprint density at radius 1 is 0.821 bits per heavy atom. The van der Waals surface area contributed by atoms with Gasteiger partial charge in [-0.25, -0.2) is 9.78 Å². The van der Waals surface area contributed by atoms with Gasteiger partial charge < -0.3 is 19.4 Å². The standard InChI is InChI=1S/C29H36ClN5O4/c1-39-29(38)35-11-7-22(8-12-35)27(36)33-13-9-24(10-14-33)32-15-17-34(18-16-32)28(37)23-19-25(31-26(30)20-23)21-5-3-2-4-6-21/h2-6,19-20,22,24H,7-18H2,1H3. The molecule has 0 unspecified atom stereocenters. The lowest BCUT2D eigenvalue weighted by atomic mass is 9.93. The Hall–Kier alpha value is -3.17. The lowest BCUT2D eigenvalue weighted by Crippen LogP contribution is -2.55. The second-order valence-electron chi connectivity index (χ2n) is 10.5. The van der Waals surface area contributed by atoms with Gasteiger partial charge in [0.05, 0.1) is 12.8 Å². The molecule has 0 atom stereocenters. The Bertz CT molecular complexity index is 1170. The molecule has 2 aromatic rings. The van der Waals surface area contributed by atoms with Crippen LogP contribution in [0.25, 0.3) is 11.3 Å². The number of hydrogen-bond donors (Lipinski definition) is 0. The van der Waals surface area contributed by atoms with Gasteiger partial charge in [-0.3, -0.25) is 14.5 Å². The number of pyridine rings is 1. The lowest BCUT2D eigenvalue weighted by molar-refractivity contribution is -0.138. The largest absolute Gasteiger partial charge is 0.453 e. The molecule has 4 heterocycles. The third-order valence-electron chi connectivity index (χ3n) is 8.28. The molecule has 1 aromatic carbocycles. The minimum Gasteiger partial charge on any atom is -0.453 e. The van der Waals surface area contributed by atoms with Crippen molar-refractivity contribution in [3.63, 3.8) is 0 Å². The predicted octanol–water partition coefficient (Wildman–Crippen LogP) is 3.63. The van der Waals surface area contributed by atoms with E-state index in [1.165, 1.54) is 7.11 Å². The summed E-state index contributed by atoms with van der Waals surface area (Å²) in [7, 11) is 1.39. The van der Waals surface area contributed by atoms with Crippen molar-refractivity contribution in [1.82, 2.24) is 24.6 Å². The van der Waals surface area contributed by atoms with Crippen molar-refractivity contribution in [3.05, 3.63) is 53.2 Å². The lowest BCUT2D eigenvalue weighted by Gasteiger charge is -2.43. The number of carbonyl (C=O) groups is 3. The zero-order valence-corrected chi connectivity index (χ0v) is 23.2. The number of amides is 3. The van der Waals surface area contributed by atoms with Gasteiger partial charge in [-0.1, -0.05) is 41.9 Å². The van der Waals surface area contributed by atoms with Crippen LogP contribution in [0.2, 0.25) is 5.15 Å². The molecule has 5 rings (SSSR count). The molecule has 0 aliphatic carbocycles. The first-order valence-electron chi connectivity index (χ1n) is 13.8. The third kappa shape index (κ3) is 6.36. The molecule has 10 heteroatoms. The summed E-state index contributed by atoms with van der Waals surface area (Å²) in [6, 6.07) is 13.6. The third-order valence-corrected chi connectivity index (χ3v) is 8.48. The second kappa shape index (κ2) is 12.3. The van der Waals surface area contributed by atoms with E-state index >= 15 is 0 Å². The fraction of sp³-hybridized carbons (Fsp3) is 0.517. The number of ether oxygens (including phenoxy) is 1. The molecule has 3 aliphatic heterocycles. The predicted molar refractivity (Wildman–Crippen MR) is 148 cm³/mol. The fourth-order valence-corrected chi connectivity index (χ4v) is 6.21. The minimum absolute atomic E-state index is 0.0129. The van der Waals surface area contributed by atoms with Crippen LogP contribution in [0.1, 0.15) is 36.0 Å². The van der Waals surface area contributed by atoms with Crippen LogP contribution in [0, 0.1) is 5.92 Å². The van der Waals surface area contributed by atoms with E-state index in [0.717, 1.165) is 44.6 Å². The second-order valence-corrected chi connectivity index (χ2v) is 10.9. The van der Waals surface area contributed by atoms with Crippen LogP contribution in [-0.4, -0.2) is 108 Å². The summed E-state index contributed by atoms with van der Waals surface area (Å²) in [5, 5.41) is 0.314. The number of rotatable bonds is 4. The van der Waals surface area contributed by atoms with Crippen molar-refractivity contribution in [2.45, 2.75) is 31.7 Å². The molecule has 9 nitrogen and oxygen atoms in total. The molecule has 3 amide bonds. The number of likely N-dealkylation sites (tertiary alicyclic amines) is 2. The summed E-state index contributed by atoms with van der Waals surface area (Å²) < 4.78 is 4.80. The van der Waals surface area contributed by atoms with Gasteiger partial charge in [0.1, 0.15) is 5.15 Å². The smallest absolute Gasteiger partial charge is 0.409 e. The number of aromatic nitrogens is 1. The summed E-state index contributed by atoms with van der Waals surface area (Å²) in [4.78, 5) is 50.6. The molecule has 0 bridgehead atoms. The number of methoxy groups -OCH3 is 1. The highest BCUT2D eigenvalue weighted by atomic mass is 35.5. The Morgan fingerprint density at radius 2 is 1.46 bits per heavy atom. The van der Waals surface area contributed by atoms with E-state index in [2.05, 4.69) is 9.88 Å². The SMILES string of the molecule is COC(=O)N1CCC(C(=O)N2CCC(N3CCN(C(=O)c4cc(Cl)nc(-c5ccccc5)c4)CC3)CC2)CC1. The summed E-state index contributed by atoms with van der Waals surface area (Å²) in [6.45, 7) is 5.63. The van der Waals surface area contributed by atoms with E-state index in [-0.39, 0.29) is 23.8 Å². The van der Waals surface area contributed by atoms with Gasteiger partial charge in [-0.15, -0.1) is 0 Å². The van der Waals surface area contributed by atoms with E-state index < -0.39 is 0 Å². The summed E-state index contributed by atoms with van der Waals surface area (Å²) >= 11 is 6.28. The number of nitrogens with zero attached hydrogens (tertiary/aromatic N) is 5. The molecule has 1 aromatic heterocycles. The first kappa shape index (κ1) is 27.4. The molecule has 208 valence electrons. The van der Waals surface area contributed by atoms with Crippen molar-refractivity contribution >= 4 is 29.5 Å². The average Bonchev–Trinajstić information content (AvgIpc) is 3.00. The summed E-state index contributed by atoms with van der Waals surface area (Å²) in [6.07, 6.45) is 2.96. The maximum absolute atomic E-state index is 13.3. The van der Waals surface area contributed by atoms with Gasteiger partial charge in [0.15, 0.2) is 0 Å². The van der Waals surface area contributed by atoms with E-state index in [4.69, 9.17) is 16.3 Å². The number of piperidine rings is 2. The molecule has 3 fully saturated rings. The molecular formula is C29H36ClN5O4. The molecule has 0 radical (unpaired) electrons. The van der Waals surface area contributed by atoms with Crippen LogP contribution >= 0.6 is 11.6 Å². The molecular weight excluding hydrogens is 518 g/mol. The fourth-order valence-electron chi connectivity index (χ4n) is 6.00. The molecule has 0 spiro atoms. The van der Waals surface area contributed by atoms with Gasteiger partial charge >= 0.3 is 6.09 Å². The summed E-state index contributed by atoms with van der Waals surface area (Å²) in [5.74, 6) is 0.190. The molecule has 0 saturated carbocycles. The van der Waals surface area contributed by atoms with Crippen LogP contribution < -0.4 is 0 Å². The zero-order chi connectivity index (χ0) is 27.4. The van der Waals surface area contributed by atoms with Crippen molar-refractivity contribution < 1.29 is 19.1 Å². The maximum atomic E-state index is 13.3. The molecule has 3 saturated heterocycles. The van der Waals surface area contributed by atoms with Gasteiger partial charge in [-0.2, -0.15) is 0 Å². The van der Waals surface area contributed by atoms with Crippen LogP contribution in [0.3, 0.4) is 0 Å². The zero-order valence-electron chi connectivity index (χ0n) is 22.4. The van der Waals surface area contributed by atoms with Gasteiger partial charge in [0.25, 0.3) is 5.91 Å². The van der Waals surface area contributed by atoms with E-state index in [1.807, 2.05) is 46.2 Å². The Kier molecular flexibility index (Phi) is 8.67. The number of benzene rings is 1. The number of hydrogen-bond acceptors (Lipinski definition) is 6.